The van der Waals surface area contributed by atoms with Gasteiger partial charge in [-0.3, -0.25) is 9.89 Å². The van der Waals surface area contributed by atoms with Crippen LogP contribution in [-0.2, 0) is 4.79 Å². The van der Waals surface area contributed by atoms with Gasteiger partial charge in [-0.1, -0.05) is 18.2 Å². The van der Waals surface area contributed by atoms with E-state index in [0.717, 1.165) is 16.7 Å². The molecule has 0 aliphatic carbocycles. The fraction of sp³-hybridized carbons (Fsp3) is 0.240. The number of nitriles is 1. The number of benzene rings is 2. The number of ether oxygens (including phenoxy) is 2. The highest BCUT2D eigenvalue weighted by molar-refractivity contribution is 6.02. The molecular weight excluding hydrogens is 404 g/mol. The number of carbonyl (C=O) groups excluding carboxylic acids is 1. The topological polar surface area (TPSA) is 100 Å². The molecule has 2 aromatic carbocycles. The van der Waals surface area contributed by atoms with Crippen molar-refractivity contribution in [1.29, 1.82) is 5.26 Å². The van der Waals surface area contributed by atoms with Gasteiger partial charge in [0.15, 0.2) is 11.5 Å². The van der Waals surface area contributed by atoms with Crippen LogP contribution in [0.5, 0.6) is 11.5 Å². The highest BCUT2D eigenvalue weighted by Gasteiger charge is 2.17. The predicted molar refractivity (Wildman–Crippen MR) is 123 cm³/mol. The standard InChI is InChI=1S/C25H26N4O3/c1-15-6-7-18(10-16(15)2)17(3)28-25(30)20(13-26)11-21-14-27-29-24(21)19-8-9-22(31-4)23(12-19)32-5/h6-12,14,17H,1-5H3,(H,27,29)(H,28,30)/b20-11+/t17-/m0/s1. The average molecular weight is 431 g/mol. The van der Waals surface area contributed by atoms with Crippen molar-refractivity contribution in [1.82, 2.24) is 15.5 Å². The van der Waals surface area contributed by atoms with Crippen LogP contribution in [0.3, 0.4) is 0 Å². The number of methoxy groups -OCH3 is 2. The Bertz CT molecular complexity index is 1200. The van der Waals surface area contributed by atoms with Crippen molar-refractivity contribution < 1.29 is 14.3 Å². The smallest absolute Gasteiger partial charge is 0.262 e. The molecule has 0 bridgehead atoms. The molecule has 0 saturated carbocycles. The largest absolute Gasteiger partial charge is 0.493 e. The summed E-state index contributed by atoms with van der Waals surface area (Å²) in [6.45, 7) is 5.96. The van der Waals surface area contributed by atoms with Gasteiger partial charge in [-0.2, -0.15) is 10.4 Å². The molecule has 32 heavy (non-hydrogen) atoms. The second-order valence-corrected chi connectivity index (χ2v) is 7.48. The van der Waals surface area contributed by atoms with Crippen molar-refractivity contribution in [3.05, 3.63) is 70.4 Å². The van der Waals surface area contributed by atoms with Crippen LogP contribution < -0.4 is 14.8 Å². The first-order valence-electron chi connectivity index (χ1n) is 10.1. The molecule has 3 aromatic rings. The van der Waals surface area contributed by atoms with Crippen molar-refractivity contribution in [2.45, 2.75) is 26.8 Å². The maximum atomic E-state index is 12.8. The SMILES string of the molecule is COc1ccc(-c2[nH]ncc2/C=C(\C#N)C(=O)N[C@@H](C)c2ccc(C)c(C)c2)cc1OC. The lowest BCUT2D eigenvalue weighted by atomic mass is 10.0. The van der Waals surface area contributed by atoms with Crippen molar-refractivity contribution in [2.75, 3.05) is 14.2 Å². The zero-order chi connectivity index (χ0) is 23.3. The Morgan fingerprint density at radius 3 is 2.53 bits per heavy atom. The van der Waals surface area contributed by atoms with E-state index >= 15 is 0 Å². The molecule has 0 aliphatic heterocycles. The van der Waals surface area contributed by atoms with Gasteiger partial charge in [-0.05, 0) is 61.7 Å². The molecule has 7 nitrogen and oxygen atoms in total. The number of aromatic amines is 1. The van der Waals surface area contributed by atoms with E-state index in [4.69, 9.17) is 9.47 Å². The van der Waals surface area contributed by atoms with E-state index in [1.165, 1.54) is 11.6 Å². The average Bonchev–Trinajstić information content (AvgIpc) is 3.26. The van der Waals surface area contributed by atoms with E-state index in [1.54, 1.807) is 32.5 Å². The van der Waals surface area contributed by atoms with Crippen molar-refractivity contribution in [3.63, 3.8) is 0 Å². The number of nitrogens with zero attached hydrogens (tertiary/aromatic N) is 2. The Labute approximate surface area is 187 Å². The molecule has 164 valence electrons. The van der Waals surface area contributed by atoms with Crippen LogP contribution in [0.4, 0.5) is 0 Å². The monoisotopic (exact) mass is 430 g/mol. The minimum Gasteiger partial charge on any atom is -0.493 e. The third kappa shape index (κ3) is 4.81. The Morgan fingerprint density at radius 1 is 1.12 bits per heavy atom. The van der Waals surface area contributed by atoms with Crippen LogP contribution in [0.25, 0.3) is 17.3 Å². The van der Waals surface area contributed by atoms with E-state index in [-0.39, 0.29) is 11.6 Å². The zero-order valence-corrected chi connectivity index (χ0v) is 18.8. The van der Waals surface area contributed by atoms with Gasteiger partial charge in [0.05, 0.1) is 32.2 Å². The number of aromatic nitrogens is 2. The zero-order valence-electron chi connectivity index (χ0n) is 18.8. The third-order valence-electron chi connectivity index (χ3n) is 5.38. The lowest BCUT2D eigenvalue weighted by Gasteiger charge is -2.15. The minimum atomic E-state index is -0.447. The maximum Gasteiger partial charge on any atom is 0.262 e. The first-order valence-corrected chi connectivity index (χ1v) is 10.1. The molecule has 0 spiro atoms. The number of H-pyrrole nitrogens is 1. The van der Waals surface area contributed by atoms with Crippen LogP contribution in [-0.4, -0.2) is 30.3 Å². The van der Waals surface area contributed by atoms with Crippen LogP contribution in [0.15, 0.2) is 48.2 Å². The van der Waals surface area contributed by atoms with Gasteiger partial charge >= 0.3 is 0 Å². The van der Waals surface area contributed by atoms with E-state index in [2.05, 4.69) is 15.5 Å². The Balaban J connectivity index is 1.86. The normalized spacial score (nSPS) is 12.1. The Hall–Kier alpha value is -4.05. The van der Waals surface area contributed by atoms with E-state index in [9.17, 15) is 10.1 Å². The van der Waals surface area contributed by atoms with Crippen LogP contribution in [0.2, 0.25) is 0 Å². The summed E-state index contributed by atoms with van der Waals surface area (Å²) < 4.78 is 10.6. The lowest BCUT2D eigenvalue weighted by molar-refractivity contribution is -0.117. The first kappa shape index (κ1) is 22.6. The quantitative estimate of drug-likeness (QED) is 0.425. The van der Waals surface area contributed by atoms with Gasteiger partial charge in [0.2, 0.25) is 0 Å². The summed E-state index contributed by atoms with van der Waals surface area (Å²) in [4.78, 5) is 12.8. The molecule has 1 heterocycles. The molecular formula is C25H26N4O3. The Kier molecular flexibility index (Phi) is 6.96. The Morgan fingerprint density at radius 2 is 1.88 bits per heavy atom. The highest BCUT2D eigenvalue weighted by atomic mass is 16.5. The number of nitrogens with one attached hydrogen (secondary N) is 2. The molecule has 7 heteroatoms. The summed E-state index contributed by atoms with van der Waals surface area (Å²) in [6, 6.07) is 13.2. The number of rotatable bonds is 7. The molecule has 1 amide bonds. The van der Waals surface area contributed by atoms with Crippen molar-refractivity contribution >= 4 is 12.0 Å². The lowest BCUT2D eigenvalue weighted by Crippen LogP contribution is -2.27. The molecule has 0 saturated heterocycles. The van der Waals surface area contributed by atoms with Crippen molar-refractivity contribution in [3.8, 4) is 28.8 Å². The van der Waals surface area contributed by atoms with Crippen LogP contribution in [0, 0.1) is 25.2 Å². The van der Waals surface area contributed by atoms with Gasteiger partial charge in [0.25, 0.3) is 5.91 Å². The van der Waals surface area contributed by atoms with E-state index in [0.29, 0.717) is 22.8 Å². The summed E-state index contributed by atoms with van der Waals surface area (Å²) in [6.07, 6.45) is 3.10. The first-order chi connectivity index (χ1) is 15.4. The summed E-state index contributed by atoms with van der Waals surface area (Å²) >= 11 is 0. The van der Waals surface area contributed by atoms with Gasteiger partial charge in [-0.25, -0.2) is 0 Å². The second kappa shape index (κ2) is 9.84. The van der Waals surface area contributed by atoms with Gasteiger partial charge < -0.3 is 14.8 Å². The predicted octanol–water partition coefficient (Wildman–Crippen LogP) is 4.50. The van der Waals surface area contributed by atoms with Crippen LogP contribution >= 0.6 is 0 Å². The van der Waals surface area contributed by atoms with E-state index in [1.807, 2.05) is 51.1 Å². The van der Waals surface area contributed by atoms with Crippen LogP contribution in [0.1, 0.15) is 35.2 Å². The van der Waals surface area contributed by atoms with Gasteiger partial charge in [-0.15, -0.1) is 0 Å². The number of hydrogen-bond donors (Lipinski definition) is 2. The fourth-order valence-electron chi connectivity index (χ4n) is 3.32. The van der Waals surface area contributed by atoms with Gasteiger partial charge in [0.1, 0.15) is 11.6 Å². The minimum absolute atomic E-state index is 0.0104. The third-order valence-corrected chi connectivity index (χ3v) is 5.38. The molecule has 3 rings (SSSR count). The summed E-state index contributed by atoms with van der Waals surface area (Å²) in [5.74, 6) is 0.720. The number of aryl methyl sites for hydroxylation is 2. The number of carbonyl (C=O) groups is 1. The highest BCUT2D eigenvalue weighted by Crippen LogP contribution is 2.33. The summed E-state index contributed by atoms with van der Waals surface area (Å²) in [7, 11) is 3.13. The summed E-state index contributed by atoms with van der Waals surface area (Å²) in [5.41, 5.74) is 5.37. The maximum absolute atomic E-state index is 12.8. The van der Waals surface area contributed by atoms with Crippen molar-refractivity contribution in [2.24, 2.45) is 0 Å². The summed E-state index contributed by atoms with van der Waals surface area (Å²) in [5, 5.41) is 19.5. The molecule has 0 aliphatic rings. The number of hydrogen-bond acceptors (Lipinski definition) is 5. The van der Waals surface area contributed by atoms with Gasteiger partial charge in [0, 0.05) is 11.1 Å². The molecule has 1 aromatic heterocycles. The fourth-order valence-corrected chi connectivity index (χ4v) is 3.32. The van der Waals surface area contributed by atoms with E-state index < -0.39 is 5.91 Å². The molecule has 0 fully saturated rings. The second-order valence-electron chi connectivity index (χ2n) is 7.48. The molecule has 0 radical (unpaired) electrons. The molecule has 0 unspecified atom stereocenters. The number of amides is 1. The molecule has 1 atom stereocenters. The molecule has 2 N–H and O–H groups in total.